The van der Waals surface area contributed by atoms with Crippen LogP contribution in [-0.4, -0.2) is 68.8 Å². The van der Waals surface area contributed by atoms with E-state index < -0.39 is 25.1 Å². The number of hydrogen-bond donors (Lipinski definition) is 2. The van der Waals surface area contributed by atoms with E-state index >= 15 is 0 Å². The molecule has 0 unspecified atom stereocenters. The van der Waals surface area contributed by atoms with Crippen LogP contribution in [0.4, 0.5) is 0 Å². The van der Waals surface area contributed by atoms with Crippen molar-refractivity contribution in [2.24, 2.45) is 0 Å². The summed E-state index contributed by atoms with van der Waals surface area (Å²) in [6.45, 7) is 4.17. The number of phenolic OH excluding ortho intramolecular Hbond substituents is 1. The summed E-state index contributed by atoms with van der Waals surface area (Å²) in [5.41, 5.74) is 0.636. The molecule has 0 atom stereocenters. The van der Waals surface area contributed by atoms with Gasteiger partial charge in [-0.25, -0.2) is 8.42 Å². The molecule has 4 aromatic rings. The third-order valence-corrected chi connectivity index (χ3v) is 9.15. The van der Waals surface area contributed by atoms with Crippen molar-refractivity contribution < 1.29 is 45.6 Å². The zero-order chi connectivity index (χ0) is 35.2. The van der Waals surface area contributed by atoms with Gasteiger partial charge in [0.05, 0.1) is 4.90 Å². The first-order valence-electron chi connectivity index (χ1n) is 15.9. The van der Waals surface area contributed by atoms with Crippen LogP contribution in [0.5, 0.6) is 34.5 Å². The molecule has 0 heterocycles. The fraction of sp³-hybridized carbons (Fsp3) is 0.333. The Hall–Kier alpha value is -2.84. The molecule has 0 bridgehead atoms. The monoisotopic (exact) mass is 738 g/mol. The van der Waals surface area contributed by atoms with Crippen molar-refractivity contribution in [3.05, 3.63) is 96.1 Å². The first-order valence-corrected chi connectivity index (χ1v) is 18.8. The van der Waals surface area contributed by atoms with E-state index in [9.17, 15) is 36.2 Å². The van der Waals surface area contributed by atoms with E-state index in [1.165, 1.54) is 6.07 Å². The van der Waals surface area contributed by atoms with Crippen molar-refractivity contribution in [3.63, 3.8) is 0 Å². The number of ether oxygens (including phenoxy) is 2. The predicted molar refractivity (Wildman–Crippen MR) is 186 cm³/mol. The maximum absolute atomic E-state index is 12.2. The third kappa shape index (κ3) is 13.4. The van der Waals surface area contributed by atoms with Crippen LogP contribution >= 0.6 is 0 Å². The Bertz CT molecular complexity index is 1680. The molecule has 4 aromatic carbocycles. The van der Waals surface area contributed by atoms with Gasteiger partial charge in [0.2, 0.25) is 0 Å². The summed E-state index contributed by atoms with van der Waals surface area (Å²) in [5.74, 6) is 0.306. The Morgan fingerprint density at radius 2 is 1.06 bits per heavy atom. The van der Waals surface area contributed by atoms with Crippen LogP contribution in [0.2, 0.25) is 0 Å². The average Bonchev–Trinajstić information content (AvgIpc) is 3.04. The summed E-state index contributed by atoms with van der Waals surface area (Å²) in [6, 6.07) is 21.8. The molecule has 0 aromatic heterocycles. The van der Waals surface area contributed by atoms with Gasteiger partial charge < -0.3 is 24.2 Å². The van der Waals surface area contributed by atoms with Gasteiger partial charge >= 0.3 is 37.7 Å². The van der Waals surface area contributed by atoms with Crippen LogP contribution in [0, 0.1) is 0 Å². The number of rotatable bonds is 16. The second-order valence-corrected chi connectivity index (χ2v) is 13.9. The van der Waals surface area contributed by atoms with Crippen LogP contribution in [-0.2, 0) is 33.1 Å². The maximum atomic E-state index is 12.2. The molecule has 49 heavy (non-hydrogen) atoms. The number of benzene rings is 4. The predicted octanol–water partition coefficient (Wildman–Crippen LogP) is 7.75. The normalized spacial score (nSPS) is 11.2. The van der Waals surface area contributed by atoms with E-state index in [1.807, 2.05) is 6.07 Å². The van der Waals surface area contributed by atoms with E-state index in [-0.39, 0.29) is 71.2 Å². The van der Waals surface area contributed by atoms with Crippen molar-refractivity contribution in [1.29, 1.82) is 0 Å². The summed E-state index contributed by atoms with van der Waals surface area (Å²) in [4.78, 5) is -0.828. The minimum absolute atomic E-state index is 0. The zero-order valence-corrected chi connectivity index (χ0v) is 31.7. The number of aromatic hydroxyl groups is 1. The van der Waals surface area contributed by atoms with Gasteiger partial charge in [-0.15, -0.1) is 5.75 Å². The summed E-state index contributed by atoms with van der Waals surface area (Å²) in [7, 11) is -9.21. The minimum Gasteiger partial charge on any atom is -0.872 e. The molecule has 0 fully saturated rings. The average molecular weight is 739 g/mol. The molecule has 0 aliphatic rings. The van der Waals surface area contributed by atoms with Gasteiger partial charge in [-0.05, 0) is 73.7 Å². The Kier molecular flexibility index (Phi) is 17.9. The van der Waals surface area contributed by atoms with Crippen molar-refractivity contribution in [2.45, 2.75) is 87.8 Å². The molecule has 0 aliphatic carbocycles. The Morgan fingerprint density at radius 3 is 1.51 bits per heavy atom. The van der Waals surface area contributed by atoms with Crippen LogP contribution in [0.15, 0.2) is 94.7 Å². The van der Waals surface area contributed by atoms with Crippen LogP contribution in [0.25, 0.3) is 0 Å². The Balaban J connectivity index is 0.000000333. The van der Waals surface area contributed by atoms with Crippen molar-refractivity contribution in [2.75, 3.05) is 0 Å². The van der Waals surface area contributed by atoms with E-state index in [0.717, 1.165) is 69.6 Å². The summed E-state index contributed by atoms with van der Waals surface area (Å²) in [5, 5.41) is 22.4. The molecule has 10 nitrogen and oxygen atoms in total. The summed E-state index contributed by atoms with van der Waals surface area (Å²) < 4.78 is 78.8. The molecule has 260 valence electrons. The van der Waals surface area contributed by atoms with Crippen molar-refractivity contribution >= 4 is 58.0 Å². The summed E-state index contributed by atoms with van der Waals surface area (Å²) in [6.07, 6.45) is 8.49. The first-order chi connectivity index (χ1) is 22.9. The molecule has 13 heteroatoms. The van der Waals surface area contributed by atoms with E-state index in [2.05, 4.69) is 13.8 Å². The van der Waals surface area contributed by atoms with Gasteiger partial charge in [0.1, 0.15) is 38.0 Å². The largest absolute Gasteiger partial charge is 2.00 e. The maximum Gasteiger partial charge on any atom is 2.00 e. The fourth-order valence-electron chi connectivity index (χ4n) is 4.96. The second-order valence-electron chi connectivity index (χ2n) is 11.1. The van der Waals surface area contributed by atoms with Crippen molar-refractivity contribution in [1.82, 2.24) is 0 Å². The number of para-hydroxylation sites is 2. The molecule has 0 radical (unpaired) electrons. The molecular formula is C36H42CaO10S2. The first kappa shape index (κ1) is 42.3. The minimum atomic E-state index is -4.74. The fourth-order valence-corrected chi connectivity index (χ4v) is 6.22. The van der Waals surface area contributed by atoms with Crippen LogP contribution in [0.1, 0.15) is 76.3 Å². The summed E-state index contributed by atoms with van der Waals surface area (Å²) >= 11 is 0. The van der Waals surface area contributed by atoms with Crippen LogP contribution < -0.4 is 14.6 Å². The molecule has 0 spiro atoms. The molecule has 0 saturated carbocycles. The second kappa shape index (κ2) is 20.7. The van der Waals surface area contributed by atoms with Crippen molar-refractivity contribution in [3.8, 4) is 34.5 Å². The number of unbranched alkanes of at least 4 members (excludes halogenated alkanes) is 6. The Morgan fingerprint density at radius 1 is 0.612 bits per heavy atom. The third-order valence-electron chi connectivity index (χ3n) is 7.42. The topological polar surface area (TPSA) is 173 Å². The standard InChI is InChI=1S/2C18H22O5S.Ca/c2*1-2-3-4-8-11-15-16(19)12-13-17(24(20,21)22)18(15)23-14-9-6-5-7-10-14;/h2*5-7,9-10,12-13,19H,2-4,8,11H2,1H3,(H,20,21,22);/q;;+2/p-2. The zero-order valence-electron chi connectivity index (χ0n) is 27.8. The molecule has 0 aliphatic heterocycles. The smallest absolute Gasteiger partial charge is 0.872 e. The van der Waals surface area contributed by atoms with E-state index in [0.29, 0.717) is 29.9 Å². The van der Waals surface area contributed by atoms with E-state index in [1.54, 1.807) is 54.6 Å². The number of phenols is 1. The van der Waals surface area contributed by atoms with Gasteiger partial charge in [0.25, 0.3) is 10.1 Å². The SMILES string of the molecule is CCCCCCc1c(O)ccc(S(=O)(=O)O)c1Oc1ccccc1.CCCCCCc1c([O-])ccc(S(=O)(=O)[O-])c1Oc1ccccc1.[Ca+2]. The van der Waals surface area contributed by atoms with Crippen LogP contribution in [0.3, 0.4) is 0 Å². The number of hydrogen-bond acceptors (Lipinski definition) is 9. The van der Waals surface area contributed by atoms with E-state index in [4.69, 9.17) is 9.47 Å². The molecule has 0 amide bonds. The van der Waals surface area contributed by atoms with Gasteiger partial charge in [0, 0.05) is 5.56 Å². The molecule has 0 saturated heterocycles. The van der Waals surface area contributed by atoms with Gasteiger partial charge in [0.15, 0.2) is 5.75 Å². The molecular weight excluding hydrogens is 697 g/mol. The molecule has 4 rings (SSSR count). The quantitative estimate of drug-likeness (QED) is 0.0657. The van der Waals surface area contributed by atoms with Gasteiger partial charge in [-0.2, -0.15) is 8.42 Å². The van der Waals surface area contributed by atoms with Gasteiger partial charge in [-0.1, -0.05) is 94.8 Å². The molecule has 2 N–H and O–H groups in total. The van der Waals surface area contributed by atoms with Gasteiger partial charge in [-0.3, -0.25) is 4.55 Å². The Labute approximate surface area is 319 Å².